The van der Waals surface area contributed by atoms with E-state index in [1.165, 1.54) is 4.90 Å². The van der Waals surface area contributed by atoms with Gasteiger partial charge in [-0.05, 0) is 34.1 Å². The molecule has 0 bridgehead atoms. The second kappa shape index (κ2) is 4.31. The van der Waals surface area contributed by atoms with Gasteiger partial charge in [-0.3, -0.25) is 4.79 Å². The van der Waals surface area contributed by atoms with Crippen molar-refractivity contribution in [2.45, 2.75) is 45.8 Å². The summed E-state index contributed by atoms with van der Waals surface area (Å²) in [5, 5.41) is 8.88. The Morgan fingerprint density at radius 2 is 1.94 bits per heavy atom. The lowest BCUT2D eigenvalue weighted by Gasteiger charge is -2.26. The van der Waals surface area contributed by atoms with Gasteiger partial charge in [0.05, 0.1) is 5.92 Å². The molecule has 1 rings (SSSR count). The lowest BCUT2D eigenvalue weighted by atomic mass is 10.1. The Morgan fingerprint density at radius 1 is 1.38 bits per heavy atom. The largest absolute Gasteiger partial charge is 0.481 e. The first-order valence-corrected chi connectivity index (χ1v) is 5.43. The number of rotatable bonds is 1. The van der Waals surface area contributed by atoms with Crippen LogP contribution in [0.15, 0.2) is 0 Å². The molecule has 0 aromatic rings. The fourth-order valence-electron chi connectivity index (χ4n) is 1.78. The maximum absolute atomic E-state index is 11.8. The normalized spacial score (nSPS) is 25.6. The van der Waals surface area contributed by atoms with Crippen molar-refractivity contribution in [2.24, 2.45) is 5.92 Å². The number of hydrogen-bond donors (Lipinski definition) is 1. The van der Waals surface area contributed by atoms with Crippen molar-refractivity contribution in [2.75, 3.05) is 6.54 Å². The van der Waals surface area contributed by atoms with Crippen molar-refractivity contribution >= 4 is 12.1 Å². The summed E-state index contributed by atoms with van der Waals surface area (Å²) in [5.74, 6) is -1.32. The smallest absolute Gasteiger partial charge is 0.410 e. The van der Waals surface area contributed by atoms with Crippen molar-refractivity contribution in [1.82, 2.24) is 4.90 Å². The van der Waals surface area contributed by atoms with E-state index in [2.05, 4.69) is 0 Å². The molecule has 1 aliphatic heterocycles. The van der Waals surface area contributed by atoms with Crippen LogP contribution in [0.1, 0.15) is 34.1 Å². The second-order valence-corrected chi connectivity index (χ2v) is 5.25. The van der Waals surface area contributed by atoms with E-state index >= 15 is 0 Å². The molecule has 1 aliphatic rings. The molecule has 0 aliphatic carbocycles. The summed E-state index contributed by atoms with van der Waals surface area (Å²) < 4.78 is 5.21. The summed E-state index contributed by atoms with van der Waals surface area (Å²) in [7, 11) is 0. The Balaban J connectivity index is 2.61. The van der Waals surface area contributed by atoms with Gasteiger partial charge in [-0.25, -0.2) is 4.79 Å². The first-order chi connectivity index (χ1) is 7.20. The zero-order valence-corrected chi connectivity index (χ0v) is 10.2. The molecule has 1 unspecified atom stereocenters. The van der Waals surface area contributed by atoms with Gasteiger partial charge in [0.25, 0.3) is 0 Å². The number of carbonyl (C=O) groups is 2. The van der Waals surface area contributed by atoms with Crippen LogP contribution in [0.25, 0.3) is 0 Å². The summed E-state index contributed by atoms with van der Waals surface area (Å²) in [4.78, 5) is 24.1. The van der Waals surface area contributed by atoms with Crippen LogP contribution in [0.2, 0.25) is 0 Å². The molecule has 1 saturated heterocycles. The fourth-order valence-corrected chi connectivity index (χ4v) is 1.78. The van der Waals surface area contributed by atoms with Crippen LogP contribution in [0, 0.1) is 5.92 Å². The average molecular weight is 229 g/mol. The number of likely N-dealkylation sites (tertiary alicyclic amines) is 1. The Morgan fingerprint density at radius 3 is 2.31 bits per heavy atom. The third-order valence-corrected chi connectivity index (χ3v) is 2.55. The van der Waals surface area contributed by atoms with E-state index in [1.807, 2.05) is 6.92 Å². The first kappa shape index (κ1) is 12.8. The van der Waals surface area contributed by atoms with Crippen LogP contribution < -0.4 is 0 Å². The molecule has 0 aromatic carbocycles. The minimum absolute atomic E-state index is 0.0732. The van der Waals surface area contributed by atoms with Gasteiger partial charge in [-0.15, -0.1) is 0 Å². The Hall–Kier alpha value is -1.26. The van der Waals surface area contributed by atoms with Crippen molar-refractivity contribution in [3.63, 3.8) is 0 Å². The molecule has 1 heterocycles. The van der Waals surface area contributed by atoms with Crippen LogP contribution in [0.3, 0.4) is 0 Å². The molecule has 0 spiro atoms. The van der Waals surface area contributed by atoms with Gasteiger partial charge in [-0.1, -0.05) is 0 Å². The highest BCUT2D eigenvalue weighted by molar-refractivity contribution is 5.74. The van der Waals surface area contributed by atoms with Crippen molar-refractivity contribution in [3.05, 3.63) is 0 Å². The quantitative estimate of drug-likeness (QED) is 0.743. The molecule has 92 valence electrons. The molecular formula is C11H19NO4. The Kier molecular flexibility index (Phi) is 3.45. The van der Waals surface area contributed by atoms with Gasteiger partial charge in [0.15, 0.2) is 0 Å². The minimum atomic E-state index is -0.849. The topological polar surface area (TPSA) is 66.8 Å². The highest BCUT2D eigenvalue weighted by Crippen LogP contribution is 2.25. The molecule has 5 heteroatoms. The highest BCUT2D eigenvalue weighted by atomic mass is 16.6. The van der Waals surface area contributed by atoms with Crippen LogP contribution in [-0.4, -0.2) is 40.3 Å². The number of ether oxygens (including phenoxy) is 1. The molecule has 0 aromatic heterocycles. The molecule has 0 saturated carbocycles. The number of carbonyl (C=O) groups excluding carboxylic acids is 1. The Labute approximate surface area is 95.4 Å². The number of carboxylic acids is 1. The zero-order valence-electron chi connectivity index (χ0n) is 10.2. The van der Waals surface area contributed by atoms with E-state index in [0.29, 0.717) is 6.42 Å². The Bertz CT molecular complexity index is 295. The summed E-state index contributed by atoms with van der Waals surface area (Å²) in [6.07, 6.45) is 0.0675. The highest BCUT2D eigenvalue weighted by Gasteiger charge is 2.38. The van der Waals surface area contributed by atoms with Crippen molar-refractivity contribution < 1.29 is 19.4 Å². The molecule has 0 radical (unpaired) electrons. The second-order valence-electron chi connectivity index (χ2n) is 5.25. The van der Waals surface area contributed by atoms with Crippen LogP contribution in [0.5, 0.6) is 0 Å². The molecule has 1 fully saturated rings. The molecule has 1 N–H and O–H groups in total. The van der Waals surface area contributed by atoms with Crippen molar-refractivity contribution in [1.29, 1.82) is 0 Å². The van der Waals surface area contributed by atoms with E-state index in [1.54, 1.807) is 20.8 Å². The maximum atomic E-state index is 11.8. The van der Waals surface area contributed by atoms with Gasteiger partial charge >= 0.3 is 12.1 Å². The zero-order chi connectivity index (χ0) is 12.5. The van der Waals surface area contributed by atoms with Gasteiger partial charge in [0, 0.05) is 12.6 Å². The predicted octanol–water partition coefficient (Wildman–Crippen LogP) is 1.72. The first-order valence-electron chi connectivity index (χ1n) is 5.43. The molecule has 2 atom stereocenters. The fraction of sp³-hybridized carbons (Fsp3) is 0.818. The number of carboxylic acid groups (broad SMARTS) is 1. The van der Waals surface area contributed by atoms with E-state index in [4.69, 9.17) is 9.84 Å². The van der Waals surface area contributed by atoms with Gasteiger partial charge in [0.2, 0.25) is 0 Å². The van der Waals surface area contributed by atoms with Crippen LogP contribution >= 0.6 is 0 Å². The van der Waals surface area contributed by atoms with Crippen molar-refractivity contribution in [3.8, 4) is 0 Å². The summed E-state index contributed by atoms with van der Waals surface area (Å²) in [6.45, 7) is 7.46. The standard InChI is InChI=1S/C11H19NO4/c1-7-5-8(9(13)14)6-12(7)10(15)16-11(2,3)4/h7-8H,5-6H2,1-4H3,(H,13,14)/t7-,8?/m1/s1. The number of aliphatic carboxylic acids is 1. The van der Waals surface area contributed by atoms with E-state index < -0.39 is 23.6 Å². The maximum Gasteiger partial charge on any atom is 0.410 e. The molecule has 1 amide bonds. The lowest BCUT2D eigenvalue weighted by Crippen LogP contribution is -2.39. The SMILES string of the molecule is C[C@@H]1CC(C(=O)O)CN1C(=O)OC(C)(C)C. The van der Waals surface area contributed by atoms with Gasteiger partial charge in [-0.2, -0.15) is 0 Å². The molecule has 16 heavy (non-hydrogen) atoms. The van der Waals surface area contributed by atoms with Gasteiger partial charge < -0.3 is 14.7 Å². The third kappa shape index (κ3) is 3.12. The third-order valence-electron chi connectivity index (χ3n) is 2.55. The average Bonchev–Trinajstić information content (AvgIpc) is 2.44. The van der Waals surface area contributed by atoms with Gasteiger partial charge in [0.1, 0.15) is 5.60 Å². The van der Waals surface area contributed by atoms with Crippen LogP contribution in [-0.2, 0) is 9.53 Å². The van der Waals surface area contributed by atoms with E-state index in [-0.39, 0.29) is 12.6 Å². The summed E-state index contributed by atoms with van der Waals surface area (Å²) in [5.41, 5.74) is -0.544. The number of nitrogens with zero attached hydrogens (tertiary/aromatic N) is 1. The van der Waals surface area contributed by atoms with Crippen LogP contribution in [0.4, 0.5) is 4.79 Å². The minimum Gasteiger partial charge on any atom is -0.481 e. The summed E-state index contributed by atoms with van der Waals surface area (Å²) >= 11 is 0. The van der Waals surface area contributed by atoms with E-state index in [0.717, 1.165) is 0 Å². The number of hydrogen-bond acceptors (Lipinski definition) is 3. The lowest BCUT2D eigenvalue weighted by molar-refractivity contribution is -0.141. The predicted molar refractivity (Wildman–Crippen MR) is 58.1 cm³/mol. The monoisotopic (exact) mass is 229 g/mol. The molecule has 5 nitrogen and oxygen atoms in total. The number of amides is 1. The molecular weight excluding hydrogens is 210 g/mol. The summed E-state index contributed by atoms with van der Waals surface area (Å²) in [6, 6.07) is -0.0732. The van der Waals surface area contributed by atoms with E-state index in [9.17, 15) is 9.59 Å².